The Labute approximate surface area is 155 Å². The van der Waals surface area contributed by atoms with Crippen molar-refractivity contribution < 1.29 is 27.5 Å². The van der Waals surface area contributed by atoms with Gasteiger partial charge in [0.1, 0.15) is 12.0 Å². The van der Waals surface area contributed by atoms with Crippen molar-refractivity contribution >= 4 is 11.8 Å². The molecule has 0 radical (unpaired) electrons. The van der Waals surface area contributed by atoms with Gasteiger partial charge in [0.25, 0.3) is 0 Å². The molecule has 1 heterocycles. The number of carbonyl (C=O) groups excluding carboxylic acids is 2. The number of methoxy groups -OCH3 is 1. The number of nitrogens with one attached hydrogen (secondary N) is 2. The van der Waals surface area contributed by atoms with Crippen LogP contribution in [0.2, 0.25) is 0 Å². The molecule has 1 aromatic carbocycles. The Balaban J connectivity index is 1.74. The second kappa shape index (κ2) is 7.50. The first-order valence-electron chi connectivity index (χ1n) is 9.00. The first-order chi connectivity index (χ1) is 12.7. The molecule has 5 nitrogen and oxygen atoms in total. The summed E-state index contributed by atoms with van der Waals surface area (Å²) >= 11 is 0. The number of piperidine rings is 1. The van der Waals surface area contributed by atoms with Crippen LogP contribution in [0.1, 0.15) is 42.0 Å². The fraction of sp³-hybridized carbons (Fsp3) is 0.579. The van der Waals surface area contributed by atoms with Gasteiger partial charge in [-0.3, -0.25) is 9.59 Å². The lowest BCUT2D eigenvalue weighted by molar-refractivity contribution is -0.171. The number of benzene rings is 1. The van der Waals surface area contributed by atoms with E-state index in [1.54, 1.807) is 7.11 Å². The van der Waals surface area contributed by atoms with Crippen LogP contribution in [0.4, 0.5) is 13.2 Å². The van der Waals surface area contributed by atoms with Crippen molar-refractivity contribution in [2.24, 2.45) is 5.92 Å². The highest BCUT2D eigenvalue weighted by molar-refractivity contribution is 6.01. The summed E-state index contributed by atoms with van der Waals surface area (Å²) in [6.45, 7) is 1.99. The van der Waals surface area contributed by atoms with Gasteiger partial charge in [0.05, 0.1) is 12.1 Å². The molecule has 1 aromatic rings. The minimum absolute atomic E-state index is 0.132. The Bertz CT molecular complexity index is 735. The fourth-order valence-electron chi connectivity index (χ4n) is 3.90. The summed E-state index contributed by atoms with van der Waals surface area (Å²) in [6, 6.07) is 3.61. The van der Waals surface area contributed by atoms with Crippen molar-refractivity contribution in [2.45, 2.75) is 57.0 Å². The van der Waals surface area contributed by atoms with E-state index in [-0.39, 0.29) is 18.9 Å². The lowest BCUT2D eigenvalue weighted by Crippen LogP contribution is -2.55. The van der Waals surface area contributed by atoms with Gasteiger partial charge < -0.3 is 15.4 Å². The summed E-state index contributed by atoms with van der Waals surface area (Å²) in [5.41, 5.74) is 3.15. The van der Waals surface area contributed by atoms with Crippen LogP contribution < -0.4 is 10.6 Å². The molecule has 0 saturated carbocycles. The Morgan fingerprint density at radius 2 is 2.00 bits per heavy atom. The summed E-state index contributed by atoms with van der Waals surface area (Å²) < 4.78 is 43.8. The Morgan fingerprint density at radius 1 is 1.26 bits per heavy atom. The molecule has 1 saturated heterocycles. The zero-order valence-corrected chi connectivity index (χ0v) is 15.2. The fourth-order valence-corrected chi connectivity index (χ4v) is 3.90. The molecule has 0 aromatic heterocycles. The third-order valence-corrected chi connectivity index (χ3v) is 5.39. The number of hydrogen-bond acceptors (Lipinski definition) is 3. The summed E-state index contributed by atoms with van der Waals surface area (Å²) in [6.07, 6.45) is -3.66. The first-order valence-corrected chi connectivity index (χ1v) is 9.00. The van der Waals surface area contributed by atoms with Gasteiger partial charge in [0.15, 0.2) is 0 Å². The molecule has 8 heteroatoms. The van der Waals surface area contributed by atoms with Crippen LogP contribution >= 0.6 is 0 Å². The minimum Gasteiger partial charge on any atom is -0.379 e. The number of ether oxygens (including phenoxy) is 1. The molecule has 3 rings (SSSR count). The van der Waals surface area contributed by atoms with E-state index in [0.29, 0.717) is 6.42 Å². The van der Waals surface area contributed by atoms with Crippen molar-refractivity contribution in [3.05, 3.63) is 34.9 Å². The molecule has 2 amide bonds. The second-order valence-electron chi connectivity index (χ2n) is 7.23. The highest BCUT2D eigenvalue weighted by Gasteiger charge is 2.46. The Kier molecular flexibility index (Phi) is 5.46. The molecule has 0 bridgehead atoms. The largest absolute Gasteiger partial charge is 0.408 e. The number of rotatable bonds is 3. The number of halogens is 3. The zero-order chi connectivity index (χ0) is 19.8. The monoisotopic (exact) mass is 384 g/mol. The maximum Gasteiger partial charge on any atom is 0.408 e. The normalized spacial score (nSPS) is 28.3. The topological polar surface area (TPSA) is 67.4 Å². The molecular weight excluding hydrogens is 361 g/mol. The van der Waals surface area contributed by atoms with E-state index < -0.39 is 36.0 Å². The molecule has 1 aliphatic carbocycles. The maximum absolute atomic E-state index is 12.8. The minimum atomic E-state index is -4.50. The first kappa shape index (κ1) is 19.7. The number of alkyl halides is 3. The maximum atomic E-state index is 12.8. The molecule has 2 N–H and O–H groups in total. The highest BCUT2D eigenvalue weighted by Crippen LogP contribution is 2.33. The van der Waals surface area contributed by atoms with Gasteiger partial charge >= 0.3 is 6.18 Å². The van der Waals surface area contributed by atoms with Crippen LogP contribution in [-0.2, 0) is 20.7 Å². The molecule has 1 aliphatic heterocycles. The van der Waals surface area contributed by atoms with Crippen LogP contribution in [-0.4, -0.2) is 37.2 Å². The molecule has 148 valence electrons. The van der Waals surface area contributed by atoms with Crippen molar-refractivity contribution in [1.29, 1.82) is 0 Å². The molecule has 4 unspecified atom stereocenters. The van der Waals surface area contributed by atoms with E-state index in [1.807, 2.05) is 24.4 Å². The van der Waals surface area contributed by atoms with Gasteiger partial charge in [-0.15, -0.1) is 0 Å². The lowest BCUT2D eigenvalue weighted by Gasteiger charge is -2.35. The van der Waals surface area contributed by atoms with E-state index >= 15 is 0 Å². The number of amides is 2. The Morgan fingerprint density at radius 3 is 2.63 bits per heavy atom. The van der Waals surface area contributed by atoms with E-state index in [4.69, 9.17) is 4.74 Å². The highest BCUT2D eigenvalue weighted by atomic mass is 19.4. The predicted octanol–water partition coefficient (Wildman–Crippen LogP) is 2.57. The quantitative estimate of drug-likeness (QED) is 0.788. The molecule has 0 spiro atoms. The molecule has 27 heavy (non-hydrogen) atoms. The van der Waals surface area contributed by atoms with Gasteiger partial charge in [-0.2, -0.15) is 13.2 Å². The predicted molar refractivity (Wildman–Crippen MR) is 91.9 cm³/mol. The standard InChI is InChI=1S/C19H23F3N2O3/c1-10-3-5-12-11(9-10)4-7-14(27-2)16(12)24-18(26)13-6-8-15(19(20,21)22)23-17(13)25/h3,5,9,13-16H,4,6-8H2,1-2H3,(H,23,25)(H,24,26). The van der Waals surface area contributed by atoms with E-state index in [9.17, 15) is 22.8 Å². The number of fused-ring (bicyclic) bond motifs is 1. The van der Waals surface area contributed by atoms with Crippen LogP contribution in [0.15, 0.2) is 18.2 Å². The lowest BCUT2D eigenvalue weighted by atomic mass is 9.84. The van der Waals surface area contributed by atoms with Gasteiger partial charge in [-0.25, -0.2) is 0 Å². The summed E-state index contributed by atoms with van der Waals surface area (Å²) in [7, 11) is 1.56. The van der Waals surface area contributed by atoms with E-state index in [2.05, 4.69) is 11.4 Å². The van der Waals surface area contributed by atoms with E-state index in [1.165, 1.54) is 0 Å². The van der Waals surface area contributed by atoms with Crippen LogP contribution in [0.5, 0.6) is 0 Å². The van der Waals surface area contributed by atoms with Crippen molar-refractivity contribution in [2.75, 3.05) is 7.11 Å². The van der Waals surface area contributed by atoms with Gasteiger partial charge in [0, 0.05) is 7.11 Å². The smallest absolute Gasteiger partial charge is 0.379 e. The van der Waals surface area contributed by atoms with Gasteiger partial charge in [-0.05, 0) is 43.7 Å². The third-order valence-electron chi connectivity index (χ3n) is 5.39. The average Bonchev–Trinajstić information content (AvgIpc) is 2.60. The second-order valence-corrected chi connectivity index (χ2v) is 7.23. The molecule has 4 atom stereocenters. The van der Waals surface area contributed by atoms with Gasteiger partial charge in [-0.1, -0.05) is 23.8 Å². The number of aryl methyl sites for hydroxylation is 2. The van der Waals surface area contributed by atoms with Gasteiger partial charge in [0.2, 0.25) is 11.8 Å². The molecule has 2 aliphatic rings. The van der Waals surface area contributed by atoms with Crippen molar-refractivity contribution in [3.63, 3.8) is 0 Å². The summed E-state index contributed by atoms with van der Waals surface area (Å²) in [5.74, 6) is -2.57. The van der Waals surface area contributed by atoms with E-state index in [0.717, 1.165) is 23.1 Å². The molecule has 1 fully saturated rings. The van der Waals surface area contributed by atoms with Crippen LogP contribution in [0.3, 0.4) is 0 Å². The SMILES string of the molecule is COC1CCc2cc(C)ccc2C1NC(=O)C1CCC(C(F)(F)F)NC1=O. The summed E-state index contributed by atoms with van der Waals surface area (Å²) in [5, 5.41) is 4.76. The van der Waals surface area contributed by atoms with Crippen LogP contribution in [0.25, 0.3) is 0 Å². The molecular formula is C19H23F3N2O3. The third kappa shape index (κ3) is 4.10. The summed E-state index contributed by atoms with van der Waals surface area (Å²) in [4.78, 5) is 24.7. The average molecular weight is 384 g/mol. The Hall–Kier alpha value is -2.09. The number of hydrogen-bond donors (Lipinski definition) is 2. The zero-order valence-electron chi connectivity index (χ0n) is 15.2. The number of carbonyl (C=O) groups is 2. The van der Waals surface area contributed by atoms with Crippen molar-refractivity contribution in [3.8, 4) is 0 Å². The van der Waals surface area contributed by atoms with Crippen molar-refractivity contribution in [1.82, 2.24) is 10.6 Å². The van der Waals surface area contributed by atoms with Crippen LogP contribution in [0, 0.1) is 12.8 Å².